The van der Waals surface area contributed by atoms with Gasteiger partial charge in [0.15, 0.2) is 0 Å². The standard InChI is InChI=1S/C16H25NO/c1-13(2)11-14-5-7-15(8-6-14)16(3,4)12-17-9-10-18/h5-8,10,13,17H,9,11-12H2,1-4H3. The van der Waals surface area contributed by atoms with Crippen molar-refractivity contribution in [3.8, 4) is 0 Å². The van der Waals surface area contributed by atoms with Crippen LogP contribution in [-0.4, -0.2) is 19.4 Å². The Morgan fingerprint density at radius 2 is 1.83 bits per heavy atom. The fourth-order valence-electron chi connectivity index (χ4n) is 2.11. The summed E-state index contributed by atoms with van der Waals surface area (Å²) in [5.74, 6) is 0.693. The van der Waals surface area contributed by atoms with Crippen LogP contribution in [-0.2, 0) is 16.6 Å². The molecular weight excluding hydrogens is 222 g/mol. The van der Waals surface area contributed by atoms with Gasteiger partial charge in [0.25, 0.3) is 0 Å². The van der Waals surface area contributed by atoms with Gasteiger partial charge in [0, 0.05) is 12.0 Å². The maximum absolute atomic E-state index is 10.3. The van der Waals surface area contributed by atoms with Gasteiger partial charge in [0.05, 0.1) is 6.54 Å². The van der Waals surface area contributed by atoms with Crippen LogP contribution in [0.2, 0.25) is 0 Å². The molecule has 0 heterocycles. The molecule has 0 atom stereocenters. The first-order chi connectivity index (χ1) is 8.45. The van der Waals surface area contributed by atoms with Crippen molar-refractivity contribution in [2.75, 3.05) is 13.1 Å². The molecule has 18 heavy (non-hydrogen) atoms. The zero-order valence-corrected chi connectivity index (χ0v) is 12.0. The van der Waals surface area contributed by atoms with Gasteiger partial charge in [0.1, 0.15) is 6.29 Å². The van der Waals surface area contributed by atoms with Crippen molar-refractivity contribution in [2.24, 2.45) is 5.92 Å². The number of rotatable bonds is 7. The van der Waals surface area contributed by atoms with Gasteiger partial charge in [-0.15, -0.1) is 0 Å². The second-order valence-electron chi connectivity index (χ2n) is 5.98. The maximum atomic E-state index is 10.3. The highest BCUT2D eigenvalue weighted by atomic mass is 16.1. The molecule has 0 saturated heterocycles. The minimum Gasteiger partial charge on any atom is -0.309 e. The molecular formula is C16H25NO. The van der Waals surface area contributed by atoms with Crippen molar-refractivity contribution in [1.82, 2.24) is 5.32 Å². The van der Waals surface area contributed by atoms with E-state index < -0.39 is 0 Å². The van der Waals surface area contributed by atoms with E-state index in [0.29, 0.717) is 12.5 Å². The number of aldehydes is 1. The average Bonchev–Trinajstić information content (AvgIpc) is 2.29. The van der Waals surface area contributed by atoms with Crippen LogP contribution in [0, 0.1) is 5.92 Å². The first-order valence-electron chi connectivity index (χ1n) is 6.69. The van der Waals surface area contributed by atoms with E-state index >= 15 is 0 Å². The number of carbonyl (C=O) groups is 1. The summed E-state index contributed by atoms with van der Waals surface area (Å²) < 4.78 is 0. The molecule has 0 aliphatic heterocycles. The Morgan fingerprint density at radius 1 is 1.22 bits per heavy atom. The Balaban J connectivity index is 2.67. The van der Waals surface area contributed by atoms with Gasteiger partial charge >= 0.3 is 0 Å². The molecule has 0 unspecified atom stereocenters. The molecule has 1 aromatic rings. The smallest absolute Gasteiger partial charge is 0.133 e. The average molecular weight is 247 g/mol. The first-order valence-corrected chi connectivity index (χ1v) is 6.69. The number of hydrogen-bond acceptors (Lipinski definition) is 2. The molecule has 0 spiro atoms. The minimum absolute atomic E-state index is 0.0549. The van der Waals surface area contributed by atoms with Gasteiger partial charge in [-0.25, -0.2) is 0 Å². The molecule has 1 N–H and O–H groups in total. The molecule has 0 aliphatic rings. The largest absolute Gasteiger partial charge is 0.309 e. The number of benzene rings is 1. The lowest BCUT2D eigenvalue weighted by Gasteiger charge is -2.25. The van der Waals surface area contributed by atoms with E-state index in [4.69, 9.17) is 0 Å². The summed E-state index contributed by atoms with van der Waals surface area (Å²) in [5, 5.41) is 3.15. The third-order valence-electron chi connectivity index (χ3n) is 3.17. The lowest BCUT2D eigenvalue weighted by atomic mass is 9.84. The van der Waals surface area contributed by atoms with Crippen LogP contribution >= 0.6 is 0 Å². The van der Waals surface area contributed by atoms with Crippen LogP contribution in [0.5, 0.6) is 0 Å². The fourth-order valence-corrected chi connectivity index (χ4v) is 2.11. The molecule has 0 aromatic heterocycles. The topological polar surface area (TPSA) is 29.1 Å². The molecule has 0 radical (unpaired) electrons. The van der Waals surface area contributed by atoms with Gasteiger partial charge in [0.2, 0.25) is 0 Å². The SMILES string of the molecule is CC(C)Cc1ccc(C(C)(C)CNCC=O)cc1. The molecule has 0 fully saturated rings. The summed E-state index contributed by atoms with van der Waals surface area (Å²) in [6.07, 6.45) is 2.03. The Hall–Kier alpha value is -1.15. The maximum Gasteiger partial charge on any atom is 0.133 e. The van der Waals surface area contributed by atoms with Gasteiger partial charge in [-0.1, -0.05) is 52.0 Å². The quantitative estimate of drug-likeness (QED) is 0.593. The molecule has 1 rings (SSSR count). The van der Waals surface area contributed by atoms with E-state index in [1.54, 1.807) is 0 Å². The molecule has 0 saturated carbocycles. The van der Waals surface area contributed by atoms with Gasteiger partial charge in [-0.3, -0.25) is 0 Å². The van der Waals surface area contributed by atoms with Gasteiger partial charge in [-0.05, 0) is 23.5 Å². The first kappa shape index (κ1) is 14.9. The third kappa shape index (κ3) is 4.61. The third-order valence-corrected chi connectivity index (χ3v) is 3.17. The summed E-state index contributed by atoms with van der Waals surface area (Å²) in [6.45, 7) is 10.1. The van der Waals surface area contributed by atoms with Gasteiger partial charge in [-0.2, -0.15) is 0 Å². The van der Waals surface area contributed by atoms with E-state index in [0.717, 1.165) is 19.3 Å². The highest BCUT2D eigenvalue weighted by molar-refractivity contribution is 5.51. The summed E-state index contributed by atoms with van der Waals surface area (Å²) in [6, 6.07) is 8.86. The van der Waals surface area contributed by atoms with Crippen molar-refractivity contribution in [3.05, 3.63) is 35.4 Å². The molecule has 0 aliphatic carbocycles. The van der Waals surface area contributed by atoms with Crippen LogP contribution in [0.15, 0.2) is 24.3 Å². The lowest BCUT2D eigenvalue weighted by Crippen LogP contribution is -2.33. The zero-order valence-electron chi connectivity index (χ0n) is 12.0. The summed E-state index contributed by atoms with van der Waals surface area (Å²) in [5.41, 5.74) is 2.76. The molecule has 1 aromatic carbocycles. The fraction of sp³-hybridized carbons (Fsp3) is 0.562. The van der Waals surface area contributed by atoms with E-state index in [1.165, 1.54) is 11.1 Å². The summed E-state index contributed by atoms with van der Waals surface area (Å²) in [7, 11) is 0. The Labute approximate surface area is 111 Å². The Kier molecular flexibility index (Phi) is 5.54. The Bertz CT molecular complexity index is 365. The van der Waals surface area contributed by atoms with Crippen molar-refractivity contribution in [3.63, 3.8) is 0 Å². The van der Waals surface area contributed by atoms with Crippen molar-refractivity contribution < 1.29 is 4.79 Å². The van der Waals surface area contributed by atoms with E-state index in [1.807, 2.05) is 0 Å². The van der Waals surface area contributed by atoms with Gasteiger partial charge < -0.3 is 10.1 Å². The summed E-state index contributed by atoms with van der Waals surface area (Å²) >= 11 is 0. The lowest BCUT2D eigenvalue weighted by molar-refractivity contribution is -0.107. The Morgan fingerprint density at radius 3 is 2.33 bits per heavy atom. The minimum atomic E-state index is 0.0549. The molecule has 2 heteroatoms. The summed E-state index contributed by atoms with van der Waals surface area (Å²) in [4.78, 5) is 10.3. The predicted octanol–water partition coefficient (Wildman–Crippen LogP) is 2.95. The number of hydrogen-bond donors (Lipinski definition) is 1. The highest BCUT2D eigenvalue weighted by Gasteiger charge is 2.19. The van der Waals surface area contributed by atoms with Crippen molar-refractivity contribution in [1.29, 1.82) is 0 Å². The second-order valence-corrected chi connectivity index (χ2v) is 5.98. The number of carbonyl (C=O) groups excluding carboxylic acids is 1. The molecule has 100 valence electrons. The highest BCUT2D eigenvalue weighted by Crippen LogP contribution is 2.23. The predicted molar refractivity (Wildman–Crippen MR) is 76.9 cm³/mol. The zero-order chi connectivity index (χ0) is 13.6. The monoisotopic (exact) mass is 247 g/mol. The van der Waals surface area contributed by atoms with Crippen LogP contribution < -0.4 is 5.32 Å². The van der Waals surface area contributed by atoms with Crippen LogP contribution in [0.1, 0.15) is 38.8 Å². The van der Waals surface area contributed by atoms with E-state index in [2.05, 4.69) is 57.3 Å². The van der Waals surface area contributed by atoms with Crippen molar-refractivity contribution in [2.45, 2.75) is 39.5 Å². The van der Waals surface area contributed by atoms with E-state index in [-0.39, 0.29) is 5.41 Å². The van der Waals surface area contributed by atoms with E-state index in [9.17, 15) is 4.79 Å². The second kappa shape index (κ2) is 6.69. The molecule has 0 bridgehead atoms. The molecule has 2 nitrogen and oxygen atoms in total. The van der Waals surface area contributed by atoms with Crippen LogP contribution in [0.4, 0.5) is 0 Å². The molecule has 0 amide bonds. The number of nitrogens with one attached hydrogen (secondary N) is 1. The van der Waals surface area contributed by atoms with Crippen LogP contribution in [0.3, 0.4) is 0 Å². The van der Waals surface area contributed by atoms with Crippen LogP contribution in [0.25, 0.3) is 0 Å². The normalized spacial score (nSPS) is 11.8. The van der Waals surface area contributed by atoms with Crippen molar-refractivity contribution >= 4 is 6.29 Å².